The molecular weight excluding hydrogens is 162 g/mol. The normalized spacial score (nSPS) is 28.2. The minimum absolute atomic E-state index is 0.0562. The van der Waals surface area contributed by atoms with Crippen LogP contribution in [0, 0.1) is 11.3 Å². The summed E-state index contributed by atoms with van der Waals surface area (Å²) in [5.74, 6) is 0.671. The third-order valence-corrected chi connectivity index (χ3v) is 2.46. The van der Waals surface area contributed by atoms with Crippen molar-refractivity contribution in [2.24, 2.45) is 21.5 Å². The molecule has 3 nitrogen and oxygen atoms in total. The van der Waals surface area contributed by atoms with Crippen LogP contribution in [0.1, 0.15) is 34.1 Å². The average Bonchev–Trinajstić information content (AvgIpc) is 1.97. The molecule has 74 valence electrons. The topological polar surface area (TPSA) is 28.0 Å². The molecule has 1 atom stereocenters. The number of rotatable bonds is 2. The first-order chi connectivity index (χ1) is 5.94. The Morgan fingerprint density at radius 2 is 2.15 bits per heavy atom. The molecule has 0 saturated carbocycles. The van der Waals surface area contributed by atoms with Gasteiger partial charge in [-0.15, -0.1) is 0 Å². The molecule has 0 fully saturated rings. The quantitative estimate of drug-likeness (QED) is 0.642. The Kier molecular flexibility index (Phi) is 2.74. The first kappa shape index (κ1) is 10.2. The lowest BCUT2D eigenvalue weighted by molar-refractivity contribution is 0.343. The van der Waals surface area contributed by atoms with Crippen molar-refractivity contribution in [1.82, 2.24) is 5.12 Å². The van der Waals surface area contributed by atoms with Crippen molar-refractivity contribution in [2.75, 3.05) is 7.05 Å². The van der Waals surface area contributed by atoms with Crippen molar-refractivity contribution in [1.29, 1.82) is 0 Å². The molecule has 0 aromatic rings. The molecule has 3 heteroatoms. The van der Waals surface area contributed by atoms with Crippen molar-refractivity contribution in [2.45, 2.75) is 34.1 Å². The minimum Gasteiger partial charge on any atom is -0.189 e. The Hall–Kier alpha value is -0.860. The monoisotopic (exact) mass is 181 g/mol. The minimum atomic E-state index is 0.0562. The summed E-state index contributed by atoms with van der Waals surface area (Å²) in [5.41, 5.74) is 1.21. The summed E-state index contributed by atoms with van der Waals surface area (Å²) < 4.78 is 0. The predicted molar refractivity (Wildman–Crippen MR) is 56.9 cm³/mol. The van der Waals surface area contributed by atoms with Crippen LogP contribution >= 0.6 is 0 Å². The predicted octanol–water partition coefficient (Wildman–Crippen LogP) is 2.35. The number of hydrazone groups is 2. The van der Waals surface area contributed by atoms with E-state index < -0.39 is 0 Å². The zero-order chi connectivity index (χ0) is 10.1. The fraction of sp³-hybridized carbons (Fsp3) is 0.800. The maximum absolute atomic E-state index is 4.34. The van der Waals surface area contributed by atoms with Crippen LogP contribution < -0.4 is 0 Å². The average molecular weight is 181 g/mol. The summed E-state index contributed by atoms with van der Waals surface area (Å²) in [7, 11) is 1.86. The molecule has 1 heterocycles. The molecule has 0 spiro atoms. The van der Waals surface area contributed by atoms with Gasteiger partial charge in [-0.2, -0.15) is 15.3 Å². The van der Waals surface area contributed by atoms with E-state index in [-0.39, 0.29) is 5.41 Å². The van der Waals surface area contributed by atoms with Crippen LogP contribution in [0.25, 0.3) is 0 Å². The largest absolute Gasteiger partial charge is 0.189 e. The Labute approximate surface area is 80.5 Å². The molecule has 1 aliphatic heterocycles. The highest BCUT2D eigenvalue weighted by Gasteiger charge is 2.29. The summed E-state index contributed by atoms with van der Waals surface area (Å²) >= 11 is 0. The van der Waals surface area contributed by atoms with Gasteiger partial charge in [0.2, 0.25) is 0 Å². The number of hydrogen-bond donors (Lipinski definition) is 0. The van der Waals surface area contributed by atoms with Crippen LogP contribution in [0.3, 0.4) is 0 Å². The van der Waals surface area contributed by atoms with Gasteiger partial charge >= 0.3 is 0 Å². The van der Waals surface area contributed by atoms with E-state index >= 15 is 0 Å². The van der Waals surface area contributed by atoms with Crippen molar-refractivity contribution < 1.29 is 0 Å². The summed E-state index contributed by atoms with van der Waals surface area (Å²) in [5, 5.41) is 10.2. The molecule has 0 amide bonds. The SMILES string of the molecule is CC1=NN(C)N=CC1(C)CC(C)C. The third kappa shape index (κ3) is 2.29. The Morgan fingerprint density at radius 3 is 2.62 bits per heavy atom. The van der Waals surface area contributed by atoms with Crippen molar-refractivity contribution in [3.05, 3.63) is 0 Å². The molecule has 1 aliphatic rings. The molecule has 0 aromatic carbocycles. The second-order valence-electron chi connectivity index (χ2n) is 4.43. The second kappa shape index (κ2) is 3.48. The molecule has 1 rings (SSSR count). The first-order valence-electron chi connectivity index (χ1n) is 4.78. The smallest absolute Gasteiger partial charge is 0.0495 e. The molecule has 0 aromatic heterocycles. The van der Waals surface area contributed by atoms with Gasteiger partial charge in [0.15, 0.2) is 0 Å². The maximum atomic E-state index is 4.34. The number of hydrogen-bond acceptors (Lipinski definition) is 3. The lowest BCUT2D eigenvalue weighted by Gasteiger charge is -2.31. The highest BCUT2D eigenvalue weighted by atomic mass is 15.6. The standard InChI is InChI=1S/C10H19N3/c1-8(2)6-10(4)7-11-13(5)12-9(10)3/h7-8H,6H2,1-5H3. The fourth-order valence-corrected chi connectivity index (χ4v) is 1.71. The van der Waals surface area contributed by atoms with E-state index in [2.05, 4.69) is 37.9 Å². The van der Waals surface area contributed by atoms with E-state index in [9.17, 15) is 0 Å². The summed E-state index contributed by atoms with van der Waals surface area (Å²) in [6.07, 6.45) is 3.12. The van der Waals surface area contributed by atoms with Gasteiger partial charge in [-0.1, -0.05) is 13.8 Å². The maximum Gasteiger partial charge on any atom is 0.0495 e. The zero-order valence-electron chi connectivity index (χ0n) is 9.20. The second-order valence-corrected chi connectivity index (χ2v) is 4.43. The lowest BCUT2D eigenvalue weighted by Crippen LogP contribution is -2.34. The van der Waals surface area contributed by atoms with Crippen molar-refractivity contribution in [3.8, 4) is 0 Å². The Balaban J connectivity index is 2.79. The molecular formula is C10H19N3. The van der Waals surface area contributed by atoms with Crippen LogP contribution in [0.2, 0.25) is 0 Å². The lowest BCUT2D eigenvalue weighted by atomic mass is 9.79. The van der Waals surface area contributed by atoms with E-state index in [0.29, 0.717) is 5.92 Å². The fourth-order valence-electron chi connectivity index (χ4n) is 1.71. The molecule has 0 bridgehead atoms. The van der Waals surface area contributed by atoms with Gasteiger partial charge < -0.3 is 0 Å². The molecule has 0 saturated heterocycles. The summed E-state index contributed by atoms with van der Waals surface area (Å²) in [6.45, 7) is 8.72. The van der Waals surface area contributed by atoms with Gasteiger partial charge in [-0.3, -0.25) is 0 Å². The van der Waals surface area contributed by atoms with Gasteiger partial charge in [-0.25, -0.2) is 0 Å². The Bertz CT molecular complexity index is 243. The van der Waals surface area contributed by atoms with E-state index in [1.54, 1.807) is 5.12 Å². The van der Waals surface area contributed by atoms with Gasteiger partial charge in [0.1, 0.15) is 0 Å². The molecule has 0 aliphatic carbocycles. The van der Waals surface area contributed by atoms with Crippen LogP contribution in [-0.4, -0.2) is 24.1 Å². The molecule has 13 heavy (non-hydrogen) atoms. The van der Waals surface area contributed by atoms with Crippen LogP contribution in [-0.2, 0) is 0 Å². The van der Waals surface area contributed by atoms with Gasteiger partial charge in [-0.05, 0) is 26.2 Å². The van der Waals surface area contributed by atoms with E-state index in [0.717, 1.165) is 12.1 Å². The van der Waals surface area contributed by atoms with Crippen LogP contribution in [0.5, 0.6) is 0 Å². The third-order valence-electron chi connectivity index (χ3n) is 2.46. The Morgan fingerprint density at radius 1 is 1.54 bits per heavy atom. The van der Waals surface area contributed by atoms with Crippen LogP contribution in [0.4, 0.5) is 0 Å². The highest BCUT2D eigenvalue weighted by Crippen LogP contribution is 2.28. The summed E-state index contributed by atoms with van der Waals surface area (Å²) in [4.78, 5) is 0. The molecule has 1 unspecified atom stereocenters. The van der Waals surface area contributed by atoms with Crippen molar-refractivity contribution >= 4 is 11.9 Å². The van der Waals surface area contributed by atoms with Gasteiger partial charge in [0.05, 0.1) is 0 Å². The molecule has 0 radical (unpaired) electrons. The van der Waals surface area contributed by atoms with Gasteiger partial charge in [0, 0.05) is 24.4 Å². The molecule has 0 N–H and O–H groups in total. The van der Waals surface area contributed by atoms with E-state index in [1.165, 1.54) is 0 Å². The zero-order valence-corrected chi connectivity index (χ0v) is 9.20. The van der Waals surface area contributed by atoms with Crippen molar-refractivity contribution in [3.63, 3.8) is 0 Å². The van der Waals surface area contributed by atoms with E-state index in [1.807, 2.05) is 13.3 Å². The number of nitrogens with zero attached hydrogens (tertiary/aromatic N) is 3. The van der Waals surface area contributed by atoms with E-state index in [4.69, 9.17) is 0 Å². The highest BCUT2D eigenvalue weighted by molar-refractivity contribution is 6.02. The first-order valence-corrected chi connectivity index (χ1v) is 4.78. The van der Waals surface area contributed by atoms with Gasteiger partial charge in [0.25, 0.3) is 0 Å². The van der Waals surface area contributed by atoms with Crippen LogP contribution in [0.15, 0.2) is 10.2 Å². The summed E-state index contributed by atoms with van der Waals surface area (Å²) in [6, 6.07) is 0.